The van der Waals surface area contributed by atoms with Gasteiger partial charge >= 0.3 is 17.3 Å². The minimum absolute atomic E-state index is 0.0502. The van der Waals surface area contributed by atoms with E-state index in [0.29, 0.717) is 12.0 Å². The van der Waals surface area contributed by atoms with Gasteiger partial charge in [-0.2, -0.15) is 17.6 Å². The Balaban J connectivity index is 2.05. The fourth-order valence-electron chi connectivity index (χ4n) is 2.45. The van der Waals surface area contributed by atoms with Gasteiger partial charge in [0.25, 0.3) is 0 Å². The molecular weight excluding hydrogens is 437 g/mol. The molecule has 168 valence electrons. The normalized spacial score (nSPS) is 19.5. The highest BCUT2D eigenvalue weighted by Gasteiger charge is 2.51. The highest BCUT2D eigenvalue weighted by Crippen LogP contribution is 2.40. The molecule has 2 unspecified atom stereocenters. The van der Waals surface area contributed by atoms with E-state index in [9.17, 15) is 26.9 Å². The monoisotopic (exact) mass is 457 g/mol. The lowest BCUT2D eigenvalue weighted by Crippen LogP contribution is -2.46. The molecule has 0 aliphatic carbocycles. The summed E-state index contributed by atoms with van der Waals surface area (Å²) in [4.78, 5) is 15.0. The van der Waals surface area contributed by atoms with Crippen LogP contribution in [-0.4, -0.2) is 42.4 Å². The summed E-state index contributed by atoms with van der Waals surface area (Å²) in [6.45, 7) is 5.14. The molecule has 1 aliphatic rings. The van der Waals surface area contributed by atoms with Crippen molar-refractivity contribution in [2.45, 2.75) is 43.0 Å². The van der Waals surface area contributed by atoms with Crippen LogP contribution in [0.5, 0.6) is 0 Å². The molecule has 1 heterocycles. The molecule has 0 bridgehead atoms. The zero-order valence-electron chi connectivity index (χ0n) is 15.8. The van der Waals surface area contributed by atoms with Gasteiger partial charge in [0, 0.05) is 12.1 Å². The van der Waals surface area contributed by atoms with Gasteiger partial charge in [-0.1, -0.05) is 24.8 Å². The Morgan fingerprint density at radius 3 is 2.40 bits per heavy atom. The molecule has 1 aromatic carbocycles. The van der Waals surface area contributed by atoms with Crippen molar-refractivity contribution in [2.24, 2.45) is 0 Å². The number of ether oxygens (including phenoxy) is 2. The van der Waals surface area contributed by atoms with Crippen molar-refractivity contribution >= 4 is 29.7 Å². The average Bonchev–Trinajstić information content (AvgIpc) is 2.71. The van der Waals surface area contributed by atoms with Crippen LogP contribution in [-0.2, 0) is 23.4 Å². The van der Waals surface area contributed by atoms with Crippen LogP contribution < -0.4 is 5.32 Å². The average molecular weight is 457 g/mol. The Hall–Kier alpha value is -1.73. The van der Waals surface area contributed by atoms with Crippen molar-refractivity contribution in [2.75, 3.05) is 18.5 Å². The molecule has 1 saturated heterocycles. The van der Waals surface area contributed by atoms with E-state index in [1.54, 1.807) is 0 Å². The molecule has 1 amide bonds. The van der Waals surface area contributed by atoms with Crippen LogP contribution in [0.25, 0.3) is 6.08 Å². The van der Waals surface area contributed by atoms with Gasteiger partial charge in [-0.25, -0.2) is 0 Å². The van der Waals surface area contributed by atoms with Crippen molar-refractivity contribution in [3.8, 4) is 0 Å². The molecule has 0 spiro atoms. The quantitative estimate of drug-likeness (QED) is 0.322. The molecule has 2 atom stereocenters. The Morgan fingerprint density at radius 2 is 1.90 bits per heavy atom. The first kappa shape index (κ1) is 24.5. The molecule has 2 rings (SSSR count). The van der Waals surface area contributed by atoms with Crippen LogP contribution in [0.3, 0.4) is 0 Å². The van der Waals surface area contributed by atoms with Gasteiger partial charge in [0.1, 0.15) is 0 Å². The zero-order valence-corrected chi connectivity index (χ0v) is 16.7. The zero-order chi connectivity index (χ0) is 22.4. The predicted octanol–water partition coefficient (Wildman–Crippen LogP) is 4.93. The number of alkyl halides is 4. The maximum absolute atomic E-state index is 14.6. The fourth-order valence-corrected chi connectivity index (χ4v) is 3.02. The summed E-state index contributed by atoms with van der Waals surface area (Å²) in [5.74, 6) is -3.34. The standard InChI is InChI=1S/C18H20F5NO5S/c1-3-12-5-7-13(8-6-12)24-15(25)18(22,29-23)30-28-14(17(19,20)21)11-16(2)26-9-4-10-27-16/h3,5-8,14H,1,4,9-11H2,2H3,(H,24,25). The second kappa shape index (κ2) is 10.1. The Bertz CT molecular complexity index is 727. The number of anilines is 1. The second-order valence-electron chi connectivity index (χ2n) is 6.49. The molecule has 0 aromatic heterocycles. The molecule has 12 heteroatoms. The third-order valence-corrected chi connectivity index (χ3v) is 4.86. The van der Waals surface area contributed by atoms with E-state index in [0.717, 1.165) is 0 Å². The molecule has 1 aliphatic heterocycles. The SMILES string of the molecule is C=Cc1ccc(NC(=O)C(F)(OF)SOC(CC2(C)OCCCO2)C(F)(F)F)cc1. The van der Waals surface area contributed by atoms with Crippen LogP contribution in [0.4, 0.5) is 27.8 Å². The molecule has 1 N–H and O–H groups in total. The number of halogens is 5. The van der Waals surface area contributed by atoms with Crippen LogP contribution >= 0.6 is 12.0 Å². The van der Waals surface area contributed by atoms with Gasteiger partial charge in [-0.05, 0) is 35.6 Å². The fraction of sp³-hybridized carbons (Fsp3) is 0.500. The Morgan fingerprint density at radius 1 is 1.30 bits per heavy atom. The first-order valence-electron chi connectivity index (χ1n) is 8.73. The van der Waals surface area contributed by atoms with E-state index in [-0.39, 0.29) is 18.9 Å². The van der Waals surface area contributed by atoms with Gasteiger partial charge in [0.05, 0.1) is 25.3 Å². The topological polar surface area (TPSA) is 66.0 Å². The van der Waals surface area contributed by atoms with Gasteiger partial charge in [0.15, 0.2) is 11.9 Å². The molecule has 30 heavy (non-hydrogen) atoms. The van der Waals surface area contributed by atoms with Crippen molar-refractivity contribution in [3.05, 3.63) is 36.4 Å². The summed E-state index contributed by atoms with van der Waals surface area (Å²) >= 11 is -0.742. The number of amides is 1. The number of carbonyl (C=O) groups excluding carboxylic acids is 1. The molecule has 0 saturated carbocycles. The van der Waals surface area contributed by atoms with Gasteiger partial charge in [-0.3, -0.25) is 8.98 Å². The Kier molecular flexibility index (Phi) is 8.22. The summed E-state index contributed by atoms with van der Waals surface area (Å²) in [5, 5.41) is -1.90. The van der Waals surface area contributed by atoms with E-state index in [1.807, 2.05) is 5.32 Å². The number of carbonyl (C=O) groups is 1. The van der Waals surface area contributed by atoms with Gasteiger partial charge in [0.2, 0.25) is 0 Å². The summed E-state index contributed by atoms with van der Waals surface area (Å²) in [7, 11) is 0. The summed E-state index contributed by atoms with van der Waals surface area (Å²) in [5.41, 5.74) is 0.738. The first-order valence-corrected chi connectivity index (χ1v) is 9.47. The smallest absolute Gasteiger partial charge is 0.350 e. The lowest BCUT2D eigenvalue weighted by Gasteiger charge is -2.36. The number of benzene rings is 1. The summed E-state index contributed by atoms with van der Waals surface area (Å²) < 4.78 is 82.2. The molecule has 6 nitrogen and oxygen atoms in total. The van der Waals surface area contributed by atoms with E-state index in [2.05, 4.69) is 15.7 Å². The van der Waals surface area contributed by atoms with Crippen molar-refractivity contribution < 1.29 is 45.5 Å². The summed E-state index contributed by atoms with van der Waals surface area (Å²) in [6, 6.07) is 5.76. The van der Waals surface area contributed by atoms with Crippen LogP contribution in [0.1, 0.15) is 25.3 Å². The van der Waals surface area contributed by atoms with Crippen LogP contribution in [0, 0.1) is 0 Å². The van der Waals surface area contributed by atoms with E-state index < -0.39 is 47.6 Å². The maximum Gasteiger partial charge on any atom is 0.416 e. The minimum Gasteiger partial charge on any atom is -0.350 e. The van der Waals surface area contributed by atoms with E-state index >= 15 is 0 Å². The van der Waals surface area contributed by atoms with Crippen molar-refractivity contribution in [1.82, 2.24) is 0 Å². The van der Waals surface area contributed by atoms with Crippen LogP contribution in [0.2, 0.25) is 0 Å². The van der Waals surface area contributed by atoms with E-state index in [1.165, 1.54) is 37.3 Å². The highest BCUT2D eigenvalue weighted by molar-refractivity contribution is 7.96. The molecule has 0 radical (unpaired) electrons. The number of rotatable bonds is 9. The third kappa shape index (κ3) is 6.64. The molecule has 1 fully saturated rings. The van der Waals surface area contributed by atoms with Crippen molar-refractivity contribution in [1.29, 1.82) is 0 Å². The molecule has 1 aromatic rings. The predicted molar refractivity (Wildman–Crippen MR) is 99.3 cm³/mol. The van der Waals surface area contributed by atoms with Crippen molar-refractivity contribution in [3.63, 3.8) is 0 Å². The Labute approximate surface area is 173 Å². The number of nitrogens with one attached hydrogen (secondary N) is 1. The number of hydrogen-bond acceptors (Lipinski definition) is 6. The third-order valence-electron chi connectivity index (χ3n) is 4.07. The summed E-state index contributed by atoms with van der Waals surface area (Å²) in [6.07, 6.45) is -6.46. The van der Waals surface area contributed by atoms with E-state index in [4.69, 9.17) is 9.47 Å². The highest BCUT2D eigenvalue weighted by atomic mass is 32.2. The maximum atomic E-state index is 14.6. The molecular formula is C18H20F5NO5S. The van der Waals surface area contributed by atoms with Crippen LogP contribution in [0.15, 0.2) is 30.8 Å². The van der Waals surface area contributed by atoms with Gasteiger partial charge in [-0.15, -0.1) is 4.94 Å². The largest absolute Gasteiger partial charge is 0.416 e. The number of hydrogen-bond donors (Lipinski definition) is 1. The minimum atomic E-state index is -4.98. The lowest BCUT2D eigenvalue weighted by molar-refractivity contribution is -0.288. The first-order chi connectivity index (χ1) is 14.0. The lowest BCUT2D eigenvalue weighted by atomic mass is 10.1. The van der Waals surface area contributed by atoms with Gasteiger partial charge < -0.3 is 14.8 Å². The second-order valence-corrected chi connectivity index (χ2v) is 7.38.